The maximum Gasteiger partial charge on any atom is 0.228 e. The Morgan fingerprint density at radius 2 is 2.12 bits per heavy atom. The molecule has 0 saturated carbocycles. The summed E-state index contributed by atoms with van der Waals surface area (Å²) in [5.74, 6) is -0.969. The predicted octanol–water partition coefficient (Wildman–Crippen LogP) is 2.76. The monoisotopic (exact) mass is 370 g/mol. The first-order chi connectivity index (χ1) is 11.8. The zero-order valence-electron chi connectivity index (χ0n) is 14.8. The molecule has 1 aromatic rings. The van der Waals surface area contributed by atoms with Crippen molar-refractivity contribution in [3.63, 3.8) is 0 Å². The molecule has 25 heavy (non-hydrogen) atoms. The number of hydrogen-bond acceptors (Lipinski definition) is 4. The van der Waals surface area contributed by atoms with E-state index in [0.717, 1.165) is 5.69 Å². The van der Waals surface area contributed by atoms with Gasteiger partial charge in [-0.1, -0.05) is 11.6 Å². The van der Waals surface area contributed by atoms with Crippen molar-refractivity contribution in [3.8, 4) is 0 Å². The quantitative estimate of drug-likeness (QED) is 0.772. The Bertz CT molecular complexity index is 641. The molecule has 1 aromatic carbocycles. The molecule has 0 N–H and O–H groups in total. The lowest BCUT2D eigenvalue weighted by Crippen LogP contribution is -2.55. The van der Waals surface area contributed by atoms with Gasteiger partial charge in [-0.25, -0.2) is 4.39 Å². The van der Waals surface area contributed by atoms with Crippen LogP contribution in [0.1, 0.15) is 20.3 Å². The molecule has 1 saturated heterocycles. The zero-order valence-corrected chi connectivity index (χ0v) is 15.6. The van der Waals surface area contributed by atoms with Crippen LogP contribution in [0.25, 0.3) is 0 Å². The fraction of sp³-hybridized carbons (Fsp3) is 0.556. The molecule has 1 amide bonds. The lowest BCUT2D eigenvalue weighted by atomic mass is 10.0. The summed E-state index contributed by atoms with van der Waals surface area (Å²) in [6.45, 7) is 5.42. The van der Waals surface area contributed by atoms with Crippen molar-refractivity contribution in [2.24, 2.45) is 5.92 Å². The van der Waals surface area contributed by atoms with Gasteiger partial charge in [0.1, 0.15) is 11.6 Å². The Hall–Kier alpha value is -1.66. The summed E-state index contributed by atoms with van der Waals surface area (Å²) in [6.07, 6.45) is 0.189. The van der Waals surface area contributed by atoms with Gasteiger partial charge in [-0.3, -0.25) is 4.79 Å². The van der Waals surface area contributed by atoms with Gasteiger partial charge < -0.3 is 19.3 Å². The smallest absolute Gasteiger partial charge is 0.228 e. The summed E-state index contributed by atoms with van der Waals surface area (Å²) in [5, 5.41) is 0.0878. The minimum Gasteiger partial charge on any atom is -0.384 e. The lowest BCUT2D eigenvalue weighted by molar-refractivity contribution is -0.140. The van der Waals surface area contributed by atoms with Crippen LogP contribution in [0.5, 0.6) is 0 Å². The third kappa shape index (κ3) is 4.92. The number of hydrogen-bond donors (Lipinski definition) is 0. The first-order valence-corrected chi connectivity index (χ1v) is 8.70. The average Bonchev–Trinajstić information content (AvgIpc) is 2.56. The second-order valence-electron chi connectivity index (χ2n) is 6.48. The van der Waals surface area contributed by atoms with E-state index in [-0.39, 0.29) is 35.8 Å². The van der Waals surface area contributed by atoms with Gasteiger partial charge in [0, 0.05) is 44.9 Å². The zero-order chi connectivity index (χ0) is 18.6. The summed E-state index contributed by atoms with van der Waals surface area (Å²) in [4.78, 5) is 28.0. The van der Waals surface area contributed by atoms with Gasteiger partial charge in [-0.05, 0) is 32.0 Å². The molecule has 1 unspecified atom stereocenters. The molecule has 138 valence electrons. The van der Waals surface area contributed by atoms with Crippen LogP contribution < -0.4 is 4.90 Å². The molecule has 0 aromatic heterocycles. The third-order valence-electron chi connectivity index (χ3n) is 4.42. The highest BCUT2D eigenvalue weighted by Crippen LogP contribution is 2.26. The molecule has 1 aliphatic rings. The van der Waals surface area contributed by atoms with Gasteiger partial charge in [0.05, 0.1) is 17.5 Å². The topological polar surface area (TPSA) is 49.9 Å². The average molecular weight is 371 g/mol. The minimum atomic E-state index is -0.446. The van der Waals surface area contributed by atoms with E-state index in [2.05, 4.69) is 4.90 Å². The van der Waals surface area contributed by atoms with Gasteiger partial charge in [0.25, 0.3) is 0 Å². The van der Waals surface area contributed by atoms with Gasteiger partial charge in [-0.15, -0.1) is 0 Å². The number of benzene rings is 1. The van der Waals surface area contributed by atoms with Crippen LogP contribution in [0.4, 0.5) is 10.1 Å². The van der Waals surface area contributed by atoms with E-state index >= 15 is 0 Å². The van der Waals surface area contributed by atoms with E-state index in [1.165, 1.54) is 20.1 Å². The highest BCUT2D eigenvalue weighted by atomic mass is 35.5. The fourth-order valence-electron chi connectivity index (χ4n) is 3.23. The fourth-order valence-corrected chi connectivity index (χ4v) is 3.40. The summed E-state index contributed by atoms with van der Waals surface area (Å²) < 4.78 is 18.5. The normalized spacial score (nSPS) is 19.0. The molecule has 0 spiro atoms. The van der Waals surface area contributed by atoms with Crippen molar-refractivity contribution in [1.29, 1.82) is 0 Å². The number of Topliss-reactive ketones (excluding diaryl/α,β-unsaturated/α-hetero) is 1. The Morgan fingerprint density at radius 3 is 2.68 bits per heavy atom. The largest absolute Gasteiger partial charge is 0.384 e. The SMILES string of the molecule is COCC(CC(C)=O)C(=O)N1CCN(c2ccc(F)c(Cl)c2)[C@@H](C)C1. The van der Waals surface area contributed by atoms with Crippen molar-refractivity contribution >= 4 is 29.0 Å². The Balaban J connectivity index is 2.05. The van der Waals surface area contributed by atoms with Crippen LogP contribution in [0.15, 0.2) is 18.2 Å². The number of halogens is 2. The molecule has 1 heterocycles. The van der Waals surface area contributed by atoms with Crippen LogP contribution in [-0.4, -0.2) is 56.0 Å². The molecule has 0 aliphatic carbocycles. The van der Waals surface area contributed by atoms with E-state index in [4.69, 9.17) is 16.3 Å². The van der Waals surface area contributed by atoms with Gasteiger partial charge in [0.15, 0.2) is 0 Å². The van der Waals surface area contributed by atoms with E-state index in [9.17, 15) is 14.0 Å². The highest BCUT2D eigenvalue weighted by Gasteiger charge is 2.31. The van der Waals surface area contributed by atoms with Crippen LogP contribution in [0, 0.1) is 11.7 Å². The first kappa shape index (κ1) is 19.7. The number of anilines is 1. The first-order valence-electron chi connectivity index (χ1n) is 8.32. The second-order valence-corrected chi connectivity index (χ2v) is 6.89. The van der Waals surface area contributed by atoms with Gasteiger partial charge >= 0.3 is 0 Å². The molecular formula is C18H24ClFN2O3. The molecule has 5 nitrogen and oxygen atoms in total. The maximum atomic E-state index is 13.4. The Labute approximate surface area is 152 Å². The number of methoxy groups -OCH3 is 1. The van der Waals surface area contributed by atoms with Gasteiger partial charge in [0.2, 0.25) is 5.91 Å². The van der Waals surface area contributed by atoms with Crippen LogP contribution in [0.3, 0.4) is 0 Å². The van der Waals surface area contributed by atoms with Crippen molar-refractivity contribution in [1.82, 2.24) is 4.90 Å². The van der Waals surface area contributed by atoms with E-state index in [0.29, 0.717) is 19.6 Å². The number of amides is 1. The second kappa shape index (κ2) is 8.63. The molecule has 1 fully saturated rings. The molecule has 1 aliphatic heterocycles. The van der Waals surface area contributed by atoms with Crippen LogP contribution >= 0.6 is 11.6 Å². The van der Waals surface area contributed by atoms with E-state index in [1.807, 2.05) is 6.92 Å². The molecule has 2 atom stereocenters. The van der Waals surface area contributed by atoms with Crippen molar-refractivity contribution in [3.05, 3.63) is 29.0 Å². The van der Waals surface area contributed by atoms with Crippen molar-refractivity contribution in [2.75, 3.05) is 38.3 Å². The summed E-state index contributed by atoms with van der Waals surface area (Å²) >= 11 is 5.87. The lowest BCUT2D eigenvalue weighted by Gasteiger charge is -2.42. The Kier molecular flexibility index (Phi) is 6.79. The Morgan fingerprint density at radius 1 is 1.40 bits per heavy atom. The van der Waals surface area contributed by atoms with Crippen molar-refractivity contribution in [2.45, 2.75) is 26.3 Å². The van der Waals surface area contributed by atoms with Crippen LogP contribution in [0.2, 0.25) is 5.02 Å². The van der Waals surface area contributed by atoms with Crippen LogP contribution in [-0.2, 0) is 14.3 Å². The molecular weight excluding hydrogens is 347 g/mol. The molecule has 0 bridgehead atoms. The minimum absolute atomic E-state index is 0.0250. The van der Waals surface area contributed by atoms with Gasteiger partial charge in [-0.2, -0.15) is 0 Å². The number of rotatable bonds is 6. The van der Waals surface area contributed by atoms with E-state index in [1.54, 1.807) is 17.0 Å². The number of ketones is 1. The number of piperazine rings is 1. The molecule has 7 heteroatoms. The number of nitrogens with zero attached hydrogens (tertiary/aromatic N) is 2. The highest BCUT2D eigenvalue weighted by molar-refractivity contribution is 6.31. The number of ether oxygens (including phenoxy) is 1. The predicted molar refractivity (Wildman–Crippen MR) is 95.5 cm³/mol. The summed E-state index contributed by atoms with van der Waals surface area (Å²) in [5.41, 5.74) is 0.836. The number of carbonyl (C=O) groups excluding carboxylic acids is 2. The molecule has 2 rings (SSSR count). The molecule has 0 radical (unpaired) electrons. The standard InChI is InChI=1S/C18H24ClFN2O3/c1-12-10-21(18(24)14(11-25-3)8-13(2)23)6-7-22(12)15-4-5-17(20)16(19)9-15/h4-5,9,12,14H,6-8,10-11H2,1-3H3/t12-,14?/m0/s1. The number of carbonyl (C=O) groups is 2. The summed E-state index contributed by atoms with van der Waals surface area (Å²) in [7, 11) is 1.53. The van der Waals surface area contributed by atoms with Crippen molar-refractivity contribution < 1.29 is 18.7 Å². The maximum absolute atomic E-state index is 13.4. The van der Waals surface area contributed by atoms with E-state index < -0.39 is 11.7 Å². The summed E-state index contributed by atoms with van der Waals surface area (Å²) in [6, 6.07) is 4.70. The third-order valence-corrected chi connectivity index (χ3v) is 4.71.